The Morgan fingerprint density at radius 2 is 2.04 bits per heavy atom. The first kappa shape index (κ1) is 16.8. The molecule has 1 atom stereocenters. The Balaban J connectivity index is 1.57. The smallest absolute Gasteiger partial charge is 0.267 e. The molecule has 2 aromatic rings. The maximum absolute atomic E-state index is 12.8. The van der Waals surface area contributed by atoms with E-state index in [0.29, 0.717) is 18.7 Å². The first-order chi connectivity index (χ1) is 12.6. The summed E-state index contributed by atoms with van der Waals surface area (Å²) in [4.78, 5) is 41.0. The summed E-state index contributed by atoms with van der Waals surface area (Å²) in [6.45, 7) is 1.04. The summed E-state index contributed by atoms with van der Waals surface area (Å²) in [6, 6.07) is 4.57. The molecular weight excluding hydrogens is 332 g/mol. The van der Waals surface area contributed by atoms with Crippen molar-refractivity contribution in [2.45, 2.75) is 51.1 Å². The molecule has 0 radical (unpaired) electrons. The number of nitrogens with one attached hydrogen (secondary N) is 1. The lowest BCUT2D eigenvalue weighted by molar-refractivity contribution is 0.0720. The Bertz CT molecular complexity index is 946. The van der Waals surface area contributed by atoms with Gasteiger partial charge in [-0.15, -0.1) is 0 Å². The van der Waals surface area contributed by atoms with Crippen molar-refractivity contribution in [3.8, 4) is 0 Å². The number of carbonyl (C=O) groups excluding carboxylic acids is 1. The van der Waals surface area contributed by atoms with Gasteiger partial charge in [0.1, 0.15) is 0 Å². The predicted octanol–water partition coefficient (Wildman–Crippen LogP) is 1.12. The molecular formula is C19H22N4O3. The number of hydrogen-bond donors (Lipinski definition) is 1. The second-order valence-electron chi connectivity index (χ2n) is 7.08. The molecule has 1 unspecified atom stereocenters. The van der Waals surface area contributed by atoms with Crippen LogP contribution in [0.2, 0.25) is 0 Å². The number of amides is 1. The predicted molar refractivity (Wildman–Crippen MR) is 96.3 cm³/mol. The van der Waals surface area contributed by atoms with Gasteiger partial charge in [-0.1, -0.05) is 0 Å². The third kappa shape index (κ3) is 3.21. The number of hydrogen-bond acceptors (Lipinski definition) is 4. The van der Waals surface area contributed by atoms with Crippen molar-refractivity contribution in [2.24, 2.45) is 0 Å². The zero-order valence-corrected chi connectivity index (χ0v) is 14.6. The quantitative estimate of drug-likeness (QED) is 0.894. The van der Waals surface area contributed by atoms with E-state index in [9.17, 15) is 14.4 Å². The molecule has 1 N–H and O–H groups in total. The fourth-order valence-corrected chi connectivity index (χ4v) is 3.97. The molecule has 1 fully saturated rings. The maximum Gasteiger partial charge on any atom is 0.267 e. The van der Waals surface area contributed by atoms with Crippen LogP contribution in [0, 0.1) is 0 Å². The maximum atomic E-state index is 12.8. The number of likely N-dealkylation sites (tertiary alicyclic amines) is 1. The minimum absolute atomic E-state index is 0.0753. The number of rotatable bonds is 3. The number of aromatic amines is 1. The first-order valence-electron chi connectivity index (χ1n) is 9.21. The SMILES string of the molecule is O=C(c1cc[nH]c(=O)c1)N1CCCC1Cn1nc2c(cc1=O)CCCC2. The largest absolute Gasteiger partial charge is 0.334 e. The zero-order chi connectivity index (χ0) is 18.1. The molecule has 26 heavy (non-hydrogen) atoms. The Morgan fingerprint density at radius 3 is 2.88 bits per heavy atom. The Hall–Kier alpha value is -2.70. The van der Waals surface area contributed by atoms with Gasteiger partial charge < -0.3 is 9.88 Å². The third-order valence-electron chi connectivity index (χ3n) is 5.32. The molecule has 0 spiro atoms. The Morgan fingerprint density at radius 1 is 1.19 bits per heavy atom. The summed E-state index contributed by atoms with van der Waals surface area (Å²) in [5, 5.41) is 4.57. The van der Waals surface area contributed by atoms with Crippen LogP contribution in [0.5, 0.6) is 0 Å². The van der Waals surface area contributed by atoms with Crippen LogP contribution in [-0.2, 0) is 19.4 Å². The van der Waals surface area contributed by atoms with Crippen LogP contribution in [0.1, 0.15) is 47.3 Å². The number of aromatic nitrogens is 3. The zero-order valence-electron chi connectivity index (χ0n) is 14.6. The topological polar surface area (TPSA) is 88.1 Å². The molecule has 3 heterocycles. The van der Waals surface area contributed by atoms with Gasteiger partial charge in [0.2, 0.25) is 5.56 Å². The normalized spacial score (nSPS) is 19.4. The van der Waals surface area contributed by atoms with Crippen molar-refractivity contribution in [2.75, 3.05) is 6.54 Å². The lowest BCUT2D eigenvalue weighted by atomic mass is 9.97. The van der Waals surface area contributed by atoms with Gasteiger partial charge in [-0.2, -0.15) is 5.10 Å². The van der Waals surface area contributed by atoms with Gasteiger partial charge in [0.25, 0.3) is 11.5 Å². The second kappa shape index (κ2) is 6.90. The highest BCUT2D eigenvalue weighted by atomic mass is 16.2. The number of pyridine rings is 1. The average molecular weight is 354 g/mol. The third-order valence-corrected chi connectivity index (χ3v) is 5.32. The van der Waals surface area contributed by atoms with E-state index in [1.165, 1.54) is 16.9 Å². The van der Waals surface area contributed by atoms with Gasteiger partial charge in [0.15, 0.2) is 0 Å². The van der Waals surface area contributed by atoms with Crippen molar-refractivity contribution in [3.05, 3.63) is 61.9 Å². The monoisotopic (exact) mass is 354 g/mol. The summed E-state index contributed by atoms with van der Waals surface area (Å²) >= 11 is 0. The molecule has 1 aliphatic heterocycles. The van der Waals surface area contributed by atoms with Crippen LogP contribution < -0.4 is 11.1 Å². The average Bonchev–Trinajstić information content (AvgIpc) is 3.10. The summed E-state index contributed by atoms with van der Waals surface area (Å²) in [5.74, 6) is -0.162. The van der Waals surface area contributed by atoms with Crippen molar-refractivity contribution in [1.29, 1.82) is 0 Å². The van der Waals surface area contributed by atoms with Crippen LogP contribution in [-0.4, -0.2) is 38.2 Å². The van der Waals surface area contributed by atoms with Gasteiger partial charge in [-0.05, 0) is 50.2 Å². The molecule has 0 saturated carbocycles. The van der Waals surface area contributed by atoms with Crippen molar-refractivity contribution in [3.63, 3.8) is 0 Å². The molecule has 2 aromatic heterocycles. The van der Waals surface area contributed by atoms with Gasteiger partial charge in [-0.3, -0.25) is 14.4 Å². The summed E-state index contributed by atoms with van der Waals surface area (Å²) in [5.41, 5.74) is 2.08. The van der Waals surface area contributed by atoms with Crippen LogP contribution in [0.25, 0.3) is 0 Å². The summed E-state index contributed by atoms with van der Waals surface area (Å²) in [6.07, 6.45) is 7.26. The highest BCUT2D eigenvalue weighted by molar-refractivity contribution is 5.94. The van der Waals surface area contributed by atoms with Gasteiger partial charge in [0, 0.05) is 30.4 Å². The van der Waals surface area contributed by atoms with E-state index in [1.54, 1.807) is 17.0 Å². The van der Waals surface area contributed by atoms with E-state index in [4.69, 9.17) is 0 Å². The summed E-state index contributed by atoms with van der Waals surface area (Å²) in [7, 11) is 0. The minimum atomic E-state index is -0.292. The lowest BCUT2D eigenvalue weighted by Gasteiger charge is -2.25. The van der Waals surface area contributed by atoms with Gasteiger partial charge >= 0.3 is 0 Å². The van der Waals surface area contributed by atoms with Gasteiger partial charge in [-0.25, -0.2) is 4.68 Å². The van der Waals surface area contributed by atoms with Crippen LogP contribution in [0.15, 0.2) is 34.0 Å². The second-order valence-corrected chi connectivity index (χ2v) is 7.08. The molecule has 1 saturated heterocycles. The molecule has 7 heteroatoms. The van der Waals surface area contributed by atoms with E-state index in [2.05, 4.69) is 10.1 Å². The molecule has 0 bridgehead atoms. The van der Waals surface area contributed by atoms with E-state index >= 15 is 0 Å². The van der Waals surface area contributed by atoms with Crippen molar-refractivity contribution < 1.29 is 4.79 Å². The van der Waals surface area contributed by atoms with E-state index in [-0.39, 0.29) is 23.1 Å². The molecule has 1 amide bonds. The van der Waals surface area contributed by atoms with Crippen LogP contribution in [0.4, 0.5) is 0 Å². The Labute approximate surface area is 150 Å². The van der Waals surface area contributed by atoms with Crippen molar-refractivity contribution in [1.82, 2.24) is 19.7 Å². The van der Waals surface area contributed by atoms with Crippen LogP contribution in [0.3, 0.4) is 0 Å². The van der Waals surface area contributed by atoms with Crippen molar-refractivity contribution >= 4 is 5.91 Å². The molecule has 7 nitrogen and oxygen atoms in total. The molecule has 4 rings (SSSR count). The number of H-pyrrole nitrogens is 1. The number of nitrogens with zero attached hydrogens (tertiary/aromatic N) is 3. The molecule has 136 valence electrons. The molecule has 1 aliphatic carbocycles. The standard InChI is InChI=1S/C19H22N4O3/c24-17-10-14(7-8-20-17)19(26)22-9-3-5-15(22)12-23-18(25)11-13-4-1-2-6-16(13)21-23/h7-8,10-11,15H,1-6,9,12H2,(H,20,24). The number of carbonyl (C=O) groups is 1. The first-order valence-corrected chi connectivity index (χ1v) is 9.21. The highest BCUT2D eigenvalue weighted by Gasteiger charge is 2.30. The molecule has 0 aromatic carbocycles. The minimum Gasteiger partial charge on any atom is -0.334 e. The van der Waals surface area contributed by atoms with E-state index < -0.39 is 0 Å². The fraction of sp³-hybridized carbons (Fsp3) is 0.474. The molecule has 2 aliphatic rings. The number of fused-ring (bicyclic) bond motifs is 1. The lowest BCUT2D eigenvalue weighted by Crippen LogP contribution is -2.41. The Kier molecular flexibility index (Phi) is 4.44. The number of aryl methyl sites for hydroxylation is 2. The fourth-order valence-electron chi connectivity index (χ4n) is 3.97. The highest BCUT2D eigenvalue weighted by Crippen LogP contribution is 2.22. The van der Waals surface area contributed by atoms with Crippen LogP contribution >= 0.6 is 0 Å². The summed E-state index contributed by atoms with van der Waals surface area (Å²) < 4.78 is 1.51. The van der Waals surface area contributed by atoms with Gasteiger partial charge in [0.05, 0.1) is 18.3 Å². The van der Waals surface area contributed by atoms with E-state index in [1.807, 2.05) is 0 Å². The van der Waals surface area contributed by atoms with E-state index in [0.717, 1.165) is 49.8 Å².